The molecule has 1 aromatic heterocycles. The van der Waals surface area contributed by atoms with Crippen LogP contribution in [0.15, 0.2) is 48.7 Å². The molecule has 6 heteroatoms. The number of aromatic nitrogens is 1. The van der Waals surface area contributed by atoms with Gasteiger partial charge in [-0.05, 0) is 67.9 Å². The van der Waals surface area contributed by atoms with Gasteiger partial charge in [-0.1, -0.05) is 30.2 Å². The number of phenolic OH excluding ortho intramolecular Hbond substituents is 1. The number of phenols is 1. The van der Waals surface area contributed by atoms with Gasteiger partial charge in [0.2, 0.25) is 0 Å². The smallest absolute Gasteiger partial charge is 0.302 e. The molecule has 37 heavy (non-hydrogen) atoms. The molecule has 0 fully saturated rings. The molecular weight excluding hydrogens is 466 g/mol. The molecule has 4 atom stereocenters. The Balaban J connectivity index is 1.46. The first kappa shape index (κ1) is 26.6. The average Bonchev–Trinajstić information content (AvgIpc) is 3.29. The number of aryl methyl sites for hydroxylation is 1. The Labute approximate surface area is 219 Å². The van der Waals surface area contributed by atoms with Gasteiger partial charge in [0.05, 0.1) is 13.2 Å². The number of aromatic amines is 1. The number of esters is 1. The summed E-state index contributed by atoms with van der Waals surface area (Å²) in [5.74, 6) is 7.15. The van der Waals surface area contributed by atoms with E-state index in [1.165, 1.54) is 30.5 Å². The van der Waals surface area contributed by atoms with Crippen molar-refractivity contribution in [1.82, 2.24) is 4.98 Å². The number of aliphatic hydroxyl groups excluding tert-OH is 1. The van der Waals surface area contributed by atoms with Crippen LogP contribution in [0.2, 0.25) is 0 Å². The van der Waals surface area contributed by atoms with E-state index in [-0.39, 0.29) is 23.6 Å². The second kappa shape index (κ2) is 12.7. The fraction of sp³-hybridized carbons (Fsp3) is 0.452. The van der Waals surface area contributed by atoms with Gasteiger partial charge in [-0.2, -0.15) is 0 Å². The van der Waals surface area contributed by atoms with Gasteiger partial charge < -0.3 is 24.7 Å². The van der Waals surface area contributed by atoms with Gasteiger partial charge in [-0.15, -0.1) is 5.92 Å². The topological polar surface area (TPSA) is 91.8 Å². The highest BCUT2D eigenvalue weighted by atomic mass is 16.5. The molecule has 0 saturated carbocycles. The lowest BCUT2D eigenvalue weighted by atomic mass is 9.85. The minimum Gasteiger partial charge on any atom is -0.504 e. The van der Waals surface area contributed by atoms with E-state index in [0.717, 1.165) is 31.2 Å². The number of nitrogens with one attached hydrogen (secondary N) is 1. The zero-order chi connectivity index (χ0) is 26.2. The van der Waals surface area contributed by atoms with E-state index < -0.39 is 12.2 Å². The van der Waals surface area contributed by atoms with Crippen LogP contribution < -0.4 is 4.74 Å². The van der Waals surface area contributed by atoms with Gasteiger partial charge in [0.1, 0.15) is 6.10 Å². The number of carbonyl (C=O) groups is 1. The van der Waals surface area contributed by atoms with E-state index in [0.29, 0.717) is 31.4 Å². The molecule has 0 saturated heterocycles. The van der Waals surface area contributed by atoms with Crippen LogP contribution in [0.3, 0.4) is 0 Å². The van der Waals surface area contributed by atoms with Crippen molar-refractivity contribution in [3.05, 3.63) is 59.8 Å². The van der Waals surface area contributed by atoms with Crippen molar-refractivity contribution in [2.45, 2.75) is 70.5 Å². The fourth-order valence-corrected chi connectivity index (χ4v) is 5.32. The van der Waals surface area contributed by atoms with Crippen LogP contribution in [0, 0.1) is 23.7 Å². The fourth-order valence-electron chi connectivity index (χ4n) is 5.32. The van der Waals surface area contributed by atoms with Crippen molar-refractivity contribution in [1.29, 1.82) is 0 Å². The maximum atomic E-state index is 11.9. The third-order valence-electron chi connectivity index (χ3n) is 7.28. The monoisotopic (exact) mass is 503 g/mol. The van der Waals surface area contributed by atoms with Crippen LogP contribution in [-0.4, -0.2) is 40.5 Å². The molecule has 196 valence electrons. The van der Waals surface area contributed by atoms with Gasteiger partial charge in [0.15, 0.2) is 11.5 Å². The molecule has 1 aliphatic rings. The van der Waals surface area contributed by atoms with Crippen molar-refractivity contribution in [2.24, 2.45) is 11.8 Å². The summed E-state index contributed by atoms with van der Waals surface area (Å²) in [6.07, 6.45) is 7.12. The van der Waals surface area contributed by atoms with Crippen LogP contribution in [0.5, 0.6) is 11.5 Å². The Kier molecular flexibility index (Phi) is 9.14. The summed E-state index contributed by atoms with van der Waals surface area (Å²) in [6.45, 7) is 1.40. The van der Waals surface area contributed by atoms with E-state index in [1.54, 1.807) is 12.1 Å². The number of benzene rings is 2. The molecule has 3 N–H and O–H groups in total. The molecule has 4 rings (SSSR count). The first-order valence-electron chi connectivity index (χ1n) is 13.2. The summed E-state index contributed by atoms with van der Waals surface area (Å²) >= 11 is 0. The highest BCUT2D eigenvalue weighted by Crippen LogP contribution is 2.31. The van der Waals surface area contributed by atoms with E-state index in [4.69, 9.17) is 9.47 Å². The number of aliphatic hydroxyl groups is 1. The first-order chi connectivity index (χ1) is 17.9. The van der Waals surface area contributed by atoms with Crippen LogP contribution in [0.25, 0.3) is 10.9 Å². The Hall–Kier alpha value is -3.43. The molecule has 6 nitrogen and oxygen atoms in total. The summed E-state index contributed by atoms with van der Waals surface area (Å²) < 4.78 is 10.9. The molecule has 0 amide bonds. The summed E-state index contributed by atoms with van der Waals surface area (Å²) in [4.78, 5) is 15.2. The number of H-pyrrole nitrogens is 1. The maximum Gasteiger partial charge on any atom is 0.302 e. The average molecular weight is 504 g/mol. The number of rotatable bonds is 8. The molecule has 2 aromatic carbocycles. The summed E-state index contributed by atoms with van der Waals surface area (Å²) in [5.41, 5.74) is 3.45. The lowest BCUT2D eigenvalue weighted by molar-refractivity contribution is -0.150. The molecule has 3 aromatic rings. The zero-order valence-electron chi connectivity index (χ0n) is 21.7. The van der Waals surface area contributed by atoms with E-state index in [9.17, 15) is 15.0 Å². The minimum absolute atomic E-state index is 0.0785. The number of aromatic hydroxyl groups is 1. The molecule has 0 unspecified atom stereocenters. The molecular formula is C31H37NO5. The number of hydrogen-bond acceptors (Lipinski definition) is 5. The zero-order valence-corrected chi connectivity index (χ0v) is 21.7. The molecule has 1 aliphatic carbocycles. The van der Waals surface area contributed by atoms with Gasteiger partial charge >= 0.3 is 5.97 Å². The number of carbonyl (C=O) groups excluding carboxylic acids is 1. The van der Waals surface area contributed by atoms with E-state index in [2.05, 4.69) is 41.2 Å². The summed E-state index contributed by atoms with van der Waals surface area (Å²) in [7, 11) is 1.52. The number of fused-ring (bicyclic) bond motifs is 1. The van der Waals surface area contributed by atoms with Gasteiger partial charge in [-0.3, -0.25) is 4.79 Å². The number of ether oxygens (including phenoxy) is 2. The predicted octanol–water partition coefficient (Wildman–Crippen LogP) is 5.55. The Bertz CT molecular complexity index is 1250. The SMILES string of the molecule is COc1cc(C[C@H]2CC#C[C@@H](CCCc3c[nH]c4ccccc34)CC[C@H](O)C[C@@H]2OC(C)=O)ccc1O. The first-order valence-corrected chi connectivity index (χ1v) is 13.2. The van der Waals surface area contributed by atoms with Gasteiger partial charge in [0, 0.05) is 48.7 Å². The molecule has 0 bridgehead atoms. The van der Waals surface area contributed by atoms with Crippen LogP contribution >= 0.6 is 0 Å². The highest BCUT2D eigenvalue weighted by molar-refractivity contribution is 5.83. The maximum absolute atomic E-state index is 11.9. The summed E-state index contributed by atoms with van der Waals surface area (Å²) in [5, 5.41) is 22.1. The molecule has 0 spiro atoms. The number of hydrogen-bond donors (Lipinski definition) is 3. The van der Waals surface area contributed by atoms with Crippen LogP contribution in [-0.2, 0) is 22.4 Å². The van der Waals surface area contributed by atoms with Crippen molar-refractivity contribution in [3.63, 3.8) is 0 Å². The van der Waals surface area contributed by atoms with Crippen molar-refractivity contribution < 1.29 is 24.5 Å². The van der Waals surface area contributed by atoms with Gasteiger partial charge in [-0.25, -0.2) is 0 Å². The van der Waals surface area contributed by atoms with Crippen molar-refractivity contribution in [3.8, 4) is 23.3 Å². The molecule has 0 radical (unpaired) electrons. The van der Waals surface area contributed by atoms with Crippen LogP contribution in [0.4, 0.5) is 0 Å². The lowest BCUT2D eigenvalue weighted by Gasteiger charge is -2.29. The van der Waals surface area contributed by atoms with E-state index >= 15 is 0 Å². The quantitative estimate of drug-likeness (QED) is 0.277. The standard InChI is InChI=1S/C31H37NO5/c1-21(33)37-30-19-26(34)15-13-22(8-6-10-25-20-32-28-12-4-3-11-27(25)28)7-5-9-24(30)17-23-14-16-29(35)31(18-23)36-2/h3-4,11-12,14,16,18,20,22,24,26,30,32,34-35H,6,8-10,13,15,17,19H2,1-2H3/t22-,24+,26-,30-/m0/s1. The second-order valence-corrected chi connectivity index (χ2v) is 10.1. The van der Waals surface area contributed by atoms with Crippen LogP contribution in [0.1, 0.15) is 56.6 Å². The van der Waals surface area contributed by atoms with Crippen molar-refractivity contribution >= 4 is 16.9 Å². The Morgan fingerprint density at radius 1 is 1.19 bits per heavy atom. The van der Waals surface area contributed by atoms with Crippen molar-refractivity contribution in [2.75, 3.05) is 7.11 Å². The molecule has 1 heterocycles. The van der Waals surface area contributed by atoms with E-state index in [1.807, 2.05) is 12.1 Å². The minimum atomic E-state index is -0.558. The predicted molar refractivity (Wildman–Crippen MR) is 144 cm³/mol. The Morgan fingerprint density at radius 2 is 2.03 bits per heavy atom. The lowest BCUT2D eigenvalue weighted by Crippen LogP contribution is -2.32. The number of para-hydroxylation sites is 1. The third-order valence-corrected chi connectivity index (χ3v) is 7.28. The van der Waals surface area contributed by atoms with Gasteiger partial charge in [0.25, 0.3) is 0 Å². The largest absolute Gasteiger partial charge is 0.504 e. The number of methoxy groups -OCH3 is 1. The third kappa shape index (κ3) is 7.30. The highest BCUT2D eigenvalue weighted by Gasteiger charge is 2.28. The summed E-state index contributed by atoms with van der Waals surface area (Å²) in [6, 6.07) is 13.6. The Morgan fingerprint density at radius 3 is 2.84 bits per heavy atom. The molecule has 0 aliphatic heterocycles. The second-order valence-electron chi connectivity index (χ2n) is 10.1. The normalized spacial score (nSPS) is 22.1.